The summed E-state index contributed by atoms with van der Waals surface area (Å²) in [5.41, 5.74) is 0. The Morgan fingerprint density at radius 1 is 0.944 bits per heavy atom. The Hall–Kier alpha value is -3.39. The number of hydrogen-bond acceptors (Lipinski definition) is 11. The van der Waals surface area contributed by atoms with E-state index in [1.54, 1.807) is 0 Å². The molecule has 0 saturated heterocycles. The van der Waals surface area contributed by atoms with Gasteiger partial charge in [0.2, 0.25) is 10.4 Å². The molecule has 0 aliphatic rings. The predicted molar refractivity (Wildman–Crippen MR) is 43.9 cm³/mol. The molecule has 0 unspecified atom stereocenters. The lowest BCUT2D eigenvalue weighted by atomic mass is 10.3. The summed E-state index contributed by atoms with van der Waals surface area (Å²) in [5, 5.41) is 36.5. The van der Waals surface area contributed by atoms with Crippen LogP contribution in [-0.2, 0) is 0 Å². The molecule has 15 heteroatoms. The molecule has 0 fully saturated rings. The van der Waals surface area contributed by atoms with Crippen molar-refractivity contribution >= 4 is 5.78 Å². The molecule has 15 nitrogen and oxygen atoms in total. The molecule has 2 aromatic heterocycles. The Balaban J connectivity index is 2.48. The van der Waals surface area contributed by atoms with Gasteiger partial charge < -0.3 is 20.2 Å². The highest BCUT2D eigenvalue weighted by Crippen LogP contribution is 2.01. The molecule has 0 radical (unpaired) electrons. The third kappa shape index (κ3) is 1.60. The minimum absolute atomic E-state index is 0.0543. The topological polar surface area (TPSA) is 191 Å². The van der Waals surface area contributed by atoms with Crippen molar-refractivity contribution < 1.29 is 14.9 Å². The Labute approximate surface area is 94.2 Å². The number of hydrogen-bond donors (Lipinski definition) is 0. The molecule has 18 heavy (non-hydrogen) atoms. The van der Waals surface area contributed by atoms with E-state index >= 15 is 0 Å². The van der Waals surface area contributed by atoms with Crippen LogP contribution < -0.4 is 0 Å². The molecule has 0 aliphatic heterocycles. The van der Waals surface area contributed by atoms with Gasteiger partial charge in [0.1, 0.15) is 10.4 Å². The first-order valence-corrected chi connectivity index (χ1v) is 3.93. The van der Waals surface area contributed by atoms with Gasteiger partial charge in [-0.2, -0.15) is 0 Å². The van der Waals surface area contributed by atoms with Crippen LogP contribution >= 0.6 is 0 Å². The second-order valence-electron chi connectivity index (χ2n) is 2.59. The molecule has 0 atom stereocenters. The number of carbonyl (C=O) groups excluding carboxylic acids is 1. The van der Waals surface area contributed by atoms with Gasteiger partial charge in [-0.1, -0.05) is 10.2 Å². The number of carbonyl (C=O) groups is 1. The van der Waals surface area contributed by atoms with Crippen LogP contribution in [0.5, 0.6) is 0 Å². The maximum atomic E-state index is 11.7. The van der Waals surface area contributed by atoms with Crippen molar-refractivity contribution in [3.63, 3.8) is 0 Å². The second kappa shape index (κ2) is 3.88. The minimum Gasteiger partial charge on any atom is -0.339 e. The van der Waals surface area contributed by atoms with Crippen molar-refractivity contribution in [2.24, 2.45) is 0 Å². The summed E-state index contributed by atoms with van der Waals surface area (Å²) in [6.45, 7) is 0. The molecular formula is C3N10O5. The van der Waals surface area contributed by atoms with E-state index in [2.05, 4.69) is 31.1 Å². The van der Waals surface area contributed by atoms with E-state index in [0.717, 1.165) is 0 Å². The fourth-order valence-corrected chi connectivity index (χ4v) is 0.958. The van der Waals surface area contributed by atoms with E-state index in [0.29, 0.717) is 0 Å². The lowest BCUT2D eigenvalue weighted by Crippen LogP contribution is -2.24. The second-order valence-corrected chi connectivity index (χ2v) is 2.59. The van der Waals surface area contributed by atoms with Crippen molar-refractivity contribution in [2.45, 2.75) is 0 Å². The molecule has 92 valence electrons. The van der Waals surface area contributed by atoms with Crippen molar-refractivity contribution in [3.05, 3.63) is 31.9 Å². The third-order valence-corrected chi connectivity index (χ3v) is 1.62. The maximum Gasteiger partial charge on any atom is 0.300 e. The zero-order valence-electron chi connectivity index (χ0n) is 8.01. The summed E-state index contributed by atoms with van der Waals surface area (Å²) in [6, 6.07) is 0. The van der Waals surface area contributed by atoms with Crippen molar-refractivity contribution in [2.75, 3.05) is 0 Å². The summed E-state index contributed by atoms with van der Waals surface area (Å²) >= 11 is 0. The van der Waals surface area contributed by atoms with Gasteiger partial charge in [0.15, 0.2) is 0 Å². The molecular weight excluding hydrogens is 256 g/mol. The highest BCUT2D eigenvalue weighted by atomic mass is 16.7. The van der Waals surface area contributed by atoms with E-state index in [4.69, 9.17) is 0 Å². The van der Waals surface area contributed by atoms with Gasteiger partial charge in [-0.25, -0.2) is 0 Å². The first kappa shape index (κ1) is 11.1. The standard InChI is InChI=1S/C3N10O5/c14-1(2-4-6-8-10(2)12(15)16)3-5-7-9-11(3)13(17)18. The van der Waals surface area contributed by atoms with Crippen molar-refractivity contribution in [1.82, 2.24) is 40.6 Å². The van der Waals surface area contributed by atoms with Gasteiger partial charge in [0, 0.05) is 0 Å². The quantitative estimate of drug-likeness (QED) is 0.307. The molecule has 2 rings (SSSR count). The number of aromatic nitrogens is 8. The Bertz CT molecular complexity index is 585. The predicted octanol–water partition coefficient (Wildman–Crippen LogP) is -3.03. The average molecular weight is 256 g/mol. The van der Waals surface area contributed by atoms with E-state index in [1.807, 2.05) is 0 Å². The van der Waals surface area contributed by atoms with Crippen LogP contribution in [0.3, 0.4) is 0 Å². The van der Waals surface area contributed by atoms with Gasteiger partial charge in [-0.05, 0) is 0 Å². The van der Waals surface area contributed by atoms with Crippen molar-refractivity contribution in [1.29, 1.82) is 0 Å². The van der Waals surface area contributed by atoms with E-state index in [9.17, 15) is 25.0 Å². The summed E-state index contributed by atoms with van der Waals surface area (Å²) < 4.78 is 0. The number of rotatable bonds is 4. The SMILES string of the molecule is O=C(c1nnnn1[N+](=O)[O-])c1nnnn1[N+](=O)[O-]. The number of nitro groups is 2. The zero-order chi connectivity index (χ0) is 13.3. The minimum atomic E-state index is -1.27. The van der Waals surface area contributed by atoms with Crippen LogP contribution in [0.25, 0.3) is 0 Å². The van der Waals surface area contributed by atoms with Crippen LogP contribution in [0.4, 0.5) is 0 Å². The Morgan fingerprint density at radius 2 is 1.33 bits per heavy atom. The van der Waals surface area contributed by atoms with Gasteiger partial charge in [0.05, 0.1) is 19.6 Å². The highest BCUT2D eigenvalue weighted by Gasteiger charge is 2.32. The molecule has 0 spiro atoms. The smallest absolute Gasteiger partial charge is 0.300 e. The zero-order valence-corrected chi connectivity index (χ0v) is 8.01. The molecule has 0 saturated carbocycles. The normalized spacial score (nSPS) is 10.2. The van der Waals surface area contributed by atoms with E-state index in [-0.39, 0.29) is 9.58 Å². The molecule has 0 aliphatic carbocycles. The monoisotopic (exact) mass is 256 g/mol. The summed E-state index contributed by atoms with van der Waals surface area (Å²) in [4.78, 5) is 32.5. The van der Waals surface area contributed by atoms with Crippen LogP contribution in [0, 0.1) is 20.2 Å². The first-order valence-electron chi connectivity index (χ1n) is 3.93. The summed E-state index contributed by atoms with van der Waals surface area (Å²) in [7, 11) is 0. The summed E-state index contributed by atoms with van der Waals surface area (Å²) in [6.07, 6.45) is 0. The fraction of sp³-hybridized carbons (Fsp3) is 0. The van der Waals surface area contributed by atoms with Crippen LogP contribution in [0.15, 0.2) is 0 Å². The molecule has 0 N–H and O–H groups in total. The molecule has 0 amide bonds. The first-order chi connectivity index (χ1) is 8.52. The lowest BCUT2D eigenvalue weighted by Gasteiger charge is -1.94. The van der Waals surface area contributed by atoms with Gasteiger partial charge in [-0.3, -0.25) is 4.79 Å². The molecule has 0 aromatic carbocycles. The Morgan fingerprint density at radius 3 is 1.67 bits per heavy atom. The largest absolute Gasteiger partial charge is 0.339 e. The van der Waals surface area contributed by atoms with Gasteiger partial charge in [0.25, 0.3) is 17.4 Å². The lowest BCUT2D eigenvalue weighted by molar-refractivity contribution is -0.555. The van der Waals surface area contributed by atoms with Gasteiger partial charge >= 0.3 is 0 Å². The van der Waals surface area contributed by atoms with Crippen LogP contribution in [0.2, 0.25) is 0 Å². The molecule has 2 heterocycles. The van der Waals surface area contributed by atoms with Crippen molar-refractivity contribution in [3.8, 4) is 0 Å². The maximum absolute atomic E-state index is 11.7. The number of nitrogens with zero attached hydrogens (tertiary/aromatic N) is 10. The fourth-order valence-electron chi connectivity index (χ4n) is 0.958. The summed E-state index contributed by atoms with van der Waals surface area (Å²) in [5.74, 6) is -2.99. The van der Waals surface area contributed by atoms with E-state index < -0.39 is 27.5 Å². The van der Waals surface area contributed by atoms with E-state index in [1.165, 1.54) is 0 Å². The number of tetrazole rings is 2. The Kier molecular flexibility index (Phi) is 2.40. The average Bonchev–Trinajstić information content (AvgIpc) is 2.97. The van der Waals surface area contributed by atoms with Crippen LogP contribution in [0.1, 0.15) is 16.4 Å². The number of ketones is 1. The molecule has 2 aromatic rings. The van der Waals surface area contributed by atoms with Crippen LogP contribution in [-0.4, -0.2) is 56.5 Å². The highest BCUT2D eigenvalue weighted by molar-refractivity contribution is 6.03. The molecule has 0 bridgehead atoms. The third-order valence-electron chi connectivity index (χ3n) is 1.62. The van der Waals surface area contributed by atoms with Gasteiger partial charge in [-0.15, -0.1) is 0 Å².